The van der Waals surface area contributed by atoms with Gasteiger partial charge < -0.3 is 15.6 Å². The van der Waals surface area contributed by atoms with Gasteiger partial charge in [0.2, 0.25) is 0 Å². The molecule has 2 heterocycles. The highest BCUT2D eigenvalue weighted by Crippen LogP contribution is 2.19. The zero-order chi connectivity index (χ0) is 18.5. The number of halogens is 2. The number of aromatic nitrogens is 2. The molecule has 0 radical (unpaired) electrons. The number of nitrogens with one attached hydrogen (secondary N) is 3. The minimum absolute atomic E-state index is 0. The number of aryl methyl sites for hydroxylation is 2. The molecule has 3 rings (SSSR count). The molecule has 0 unspecified atom stereocenters. The van der Waals surface area contributed by atoms with Crippen molar-refractivity contribution in [2.75, 3.05) is 13.1 Å². The van der Waals surface area contributed by atoms with E-state index in [-0.39, 0.29) is 29.8 Å². The minimum atomic E-state index is -0.224. The Labute approximate surface area is 179 Å². The van der Waals surface area contributed by atoms with Crippen LogP contribution in [0.15, 0.2) is 29.4 Å². The van der Waals surface area contributed by atoms with Crippen LogP contribution in [0.25, 0.3) is 10.9 Å². The van der Waals surface area contributed by atoms with Crippen LogP contribution < -0.4 is 10.6 Å². The van der Waals surface area contributed by atoms with Gasteiger partial charge in [0, 0.05) is 35.1 Å². The third-order valence-electron chi connectivity index (χ3n) is 4.21. The summed E-state index contributed by atoms with van der Waals surface area (Å²) in [5, 5.41) is 8.69. The molecule has 0 bridgehead atoms. The summed E-state index contributed by atoms with van der Waals surface area (Å²) in [6.07, 6.45) is 2.77. The first-order chi connectivity index (χ1) is 12.6. The first kappa shape index (κ1) is 21.6. The van der Waals surface area contributed by atoms with Crippen LogP contribution in [-0.2, 0) is 13.0 Å². The number of hydrogen-bond donors (Lipinski definition) is 3. The monoisotopic (exact) mass is 501 g/mol. The molecule has 0 aliphatic heterocycles. The first-order valence-electron chi connectivity index (χ1n) is 8.77. The number of aliphatic imine (C=N–C) groups is 1. The number of nitrogens with zero attached hydrogens (tertiary/aromatic N) is 2. The zero-order valence-corrected chi connectivity index (χ0v) is 18.9. The molecule has 0 saturated carbocycles. The van der Waals surface area contributed by atoms with E-state index in [1.165, 1.54) is 17.0 Å². The van der Waals surface area contributed by atoms with E-state index in [0.717, 1.165) is 52.6 Å². The number of benzene rings is 1. The smallest absolute Gasteiger partial charge is 0.191 e. The lowest BCUT2D eigenvalue weighted by Gasteiger charge is -2.10. The number of rotatable bonds is 6. The number of thiazole rings is 1. The fourth-order valence-electron chi connectivity index (χ4n) is 2.78. The van der Waals surface area contributed by atoms with Gasteiger partial charge in [-0.2, -0.15) is 0 Å². The van der Waals surface area contributed by atoms with Crippen molar-refractivity contribution in [1.82, 2.24) is 20.6 Å². The number of hydrogen-bond acceptors (Lipinski definition) is 3. The van der Waals surface area contributed by atoms with Crippen LogP contribution in [0.3, 0.4) is 0 Å². The Bertz CT molecular complexity index is 899. The van der Waals surface area contributed by atoms with Gasteiger partial charge in [0.25, 0.3) is 0 Å². The average molecular weight is 501 g/mol. The van der Waals surface area contributed by atoms with E-state index in [1.807, 2.05) is 26.1 Å². The lowest BCUT2D eigenvalue weighted by molar-refractivity contribution is 0.629. The number of fused-ring (bicyclic) bond motifs is 1. The van der Waals surface area contributed by atoms with Crippen LogP contribution in [0, 0.1) is 19.7 Å². The van der Waals surface area contributed by atoms with Gasteiger partial charge in [0.1, 0.15) is 10.8 Å². The number of aromatic amines is 1. The highest BCUT2D eigenvalue weighted by molar-refractivity contribution is 14.0. The second-order valence-corrected chi connectivity index (χ2v) is 7.41. The zero-order valence-electron chi connectivity index (χ0n) is 15.7. The summed E-state index contributed by atoms with van der Waals surface area (Å²) in [6, 6.07) is 4.84. The van der Waals surface area contributed by atoms with Gasteiger partial charge in [-0.1, -0.05) is 0 Å². The lowest BCUT2D eigenvalue weighted by Crippen LogP contribution is -2.38. The Hall–Kier alpha value is -1.68. The van der Waals surface area contributed by atoms with Gasteiger partial charge in [0.05, 0.1) is 12.2 Å². The minimum Gasteiger partial charge on any atom is -0.361 e. The van der Waals surface area contributed by atoms with Crippen LogP contribution in [0.5, 0.6) is 0 Å². The molecule has 3 N–H and O–H groups in total. The molecule has 3 aromatic rings. The molecular weight excluding hydrogens is 476 g/mol. The molecular formula is C19H25FIN5S. The van der Waals surface area contributed by atoms with Gasteiger partial charge >= 0.3 is 0 Å². The van der Waals surface area contributed by atoms with Crippen molar-refractivity contribution in [1.29, 1.82) is 0 Å². The molecule has 146 valence electrons. The van der Waals surface area contributed by atoms with E-state index >= 15 is 0 Å². The van der Waals surface area contributed by atoms with Crippen LogP contribution in [0.2, 0.25) is 0 Å². The third-order valence-corrected chi connectivity index (χ3v) is 5.26. The van der Waals surface area contributed by atoms with Gasteiger partial charge in [-0.15, -0.1) is 35.3 Å². The topological polar surface area (TPSA) is 65.1 Å². The van der Waals surface area contributed by atoms with Gasteiger partial charge in [-0.25, -0.2) is 14.4 Å². The van der Waals surface area contributed by atoms with Crippen molar-refractivity contribution in [2.24, 2.45) is 4.99 Å². The van der Waals surface area contributed by atoms with Gasteiger partial charge in [-0.05, 0) is 51.0 Å². The highest BCUT2D eigenvalue weighted by atomic mass is 127. The molecule has 0 aliphatic carbocycles. The summed E-state index contributed by atoms with van der Waals surface area (Å²) in [7, 11) is 0. The van der Waals surface area contributed by atoms with Crippen molar-refractivity contribution >= 4 is 52.2 Å². The normalized spacial score (nSPS) is 11.5. The predicted octanol–water partition coefficient (Wildman–Crippen LogP) is 4.30. The Morgan fingerprint density at radius 1 is 1.30 bits per heavy atom. The molecule has 8 heteroatoms. The second kappa shape index (κ2) is 10.0. The van der Waals surface area contributed by atoms with Crippen molar-refractivity contribution in [3.05, 3.63) is 51.4 Å². The van der Waals surface area contributed by atoms with E-state index in [1.54, 1.807) is 11.3 Å². The summed E-state index contributed by atoms with van der Waals surface area (Å²) in [5.74, 6) is 0.558. The van der Waals surface area contributed by atoms with E-state index in [2.05, 4.69) is 32.5 Å². The largest absolute Gasteiger partial charge is 0.361 e. The highest BCUT2D eigenvalue weighted by Gasteiger charge is 2.06. The Morgan fingerprint density at radius 2 is 2.11 bits per heavy atom. The van der Waals surface area contributed by atoms with Crippen molar-refractivity contribution in [3.8, 4) is 0 Å². The first-order valence-corrected chi connectivity index (χ1v) is 9.59. The molecule has 0 atom stereocenters. The van der Waals surface area contributed by atoms with Crippen LogP contribution in [-0.4, -0.2) is 29.0 Å². The Balaban J connectivity index is 0.00000261. The number of H-pyrrole nitrogens is 1. The average Bonchev–Trinajstić information content (AvgIpc) is 3.15. The Kier molecular flexibility index (Phi) is 8.03. The second-order valence-electron chi connectivity index (χ2n) is 6.12. The van der Waals surface area contributed by atoms with Crippen LogP contribution in [0.1, 0.15) is 28.1 Å². The van der Waals surface area contributed by atoms with E-state index in [9.17, 15) is 4.39 Å². The third kappa shape index (κ3) is 5.65. The standard InChI is InChI=1S/C19H24FN5S.HI/c1-4-21-19(24-11-18-25-12(2)13(3)26-18)22-8-7-14-10-23-17-9-15(20)5-6-16(14)17;/h5-6,9-10,23H,4,7-8,11H2,1-3H3,(H2,21,22,24);1H. The molecule has 0 saturated heterocycles. The summed E-state index contributed by atoms with van der Waals surface area (Å²) in [4.78, 5) is 13.5. The maximum Gasteiger partial charge on any atom is 0.191 e. The fourth-order valence-corrected chi connectivity index (χ4v) is 3.63. The predicted molar refractivity (Wildman–Crippen MR) is 122 cm³/mol. The molecule has 1 aromatic carbocycles. The van der Waals surface area contributed by atoms with Gasteiger partial charge in [0.15, 0.2) is 5.96 Å². The van der Waals surface area contributed by atoms with Gasteiger partial charge in [-0.3, -0.25) is 0 Å². The van der Waals surface area contributed by atoms with Crippen molar-refractivity contribution < 1.29 is 4.39 Å². The molecule has 0 fully saturated rings. The van der Waals surface area contributed by atoms with E-state index in [4.69, 9.17) is 0 Å². The van der Waals surface area contributed by atoms with Crippen LogP contribution >= 0.6 is 35.3 Å². The molecule has 0 amide bonds. The molecule has 5 nitrogen and oxygen atoms in total. The fraction of sp³-hybridized carbons (Fsp3) is 0.368. The quantitative estimate of drug-likeness (QED) is 0.268. The summed E-state index contributed by atoms with van der Waals surface area (Å²) < 4.78 is 13.3. The maximum absolute atomic E-state index is 13.3. The number of guanidine groups is 1. The Morgan fingerprint density at radius 3 is 2.81 bits per heavy atom. The lowest BCUT2D eigenvalue weighted by atomic mass is 10.1. The molecule has 2 aromatic heterocycles. The van der Waals surface area contributed by atoms with Crippen molar-refractivity contribution in [3.63, 3.8) is 0 Å². The maximum atomic E-state index is 13.3. The molecule has 0 aliphatic rings. The van der Waals surface area contributed by atoms with Crippen molar-refractivity contribution in [2.45, 2.75) is 33.7 Å². The van der Waals surface area contributed by atoms with E-state index in [0.29, 0.717) is 6.54 Å². The molecule has 27 heavy (non-hydrogen) atoms. The molecule has 0 spiro atoms. The van der Waals surface area contributed by atoms with E-state index < -0.39 is 0 Å². The summed E-state index contributed by atoms with van der Waals surface area (Å²) in [5.41, 5.74) is 3.07. The summed E-state index contributed by atoms with van der Waals surface area (Å²) in [6.45, 7) is 8.26. The SMILES string of the molecule is CCNC(=NCc1nc(C)c(C)s1)NCCc1c[nH]c2cc(F)ccc12.I. The summed E-state index contributed by atoms with van der Waals surface area (Å²) >= 11 is 1.69. The van der Waals surface area contributed by atoms with Crippen LogP contribution in [0.4, 0.5) is 4.39 Å².